The maximum absolute atomic E-state index is 4.66. The van der Waals surface area contributed by atoms with Gasteiger partial charge in [-0.2, -0.15) is 0 Å². The van der Waals surface area contributed by atoms with E-state index in [2.05, 4.69) is 9.50 Å². The van der Waals surface area contributed by atoms with Crippen LogP contribution < -0.4 is 9.50 Å². The van der Waals surface area contributed by atoms with Crippen LogP contribution in [0.5, 0.6) is 0 Å². The van der Waals surface area contributed by atoms with Gasteiger partial charge < -0.3 is 0 Å². The van der Waals surface area contributed by atoms with Crippen LogP contribution in [0.1, 0.15) is 13.8 Å². The topological polar surface area (TPSA) is 52.0 Å². The molecular formula is C2H11ClMnN2. The van der Waals surface area contributed by atoms with Gasteiger partial charge in [0.15, 0.2) is 0 Å². The molecular weight excluding hydrogens is 142 g/mol. The summed E-state index contributed by atoms with van der Waals surface area (Å²) in [6.07, 6.45) is 0. The number of nitrogens with two attached hydrogens (primary N) is 2. The van der Waals surface area contributed by atoms with Crippen molar-refractivity contribution in [2.45, 2.75) is 13.8 Å². The number of hydrogen-bond donors (Lipinski definition) is 2. The van der Waals surface area contributed by atoms with Gasteiger partial charge in [-0.1, -0.05) is 13.8 Å². The van der Waals surface area contributed by atoms with E-state index < -0.39 is 0 Å². The van der Waals surface area contributed by atoms with E-state index in [1.54, 1.807) is 0 Å². The van der Waals surface area contributed by atoms with Gasteiger partial charge >= 0.3 is 24.9 Å². The minimum atomic E-state index is 0. The van der Waals surface area contributed by atoms with Crippen LogP contribution >= 0.6 is 12.4 Å². The summed E-state index contributed by atoms with van der Waals surface area (Å²) in [6.45, 7) is 4.00. The Morgan fingerprint density at radius 3 is 1.17 bits per heavy atom. The molecule has 0 aliphatic heterocycles. The first kappa shape index (κ1) is 15.9. The van der Waals surface area contributed by atoms with Crippen molar-refractivity contribution in [2.24, 2.45) is 9.50 Å². The van der Waals surface area contributed by atoms with Crippen molar-refractivity contribution in [2.75, 3.05) is 0 Å². The first-order chi connectivity index (χ1) is 2.41. The zero-order chi connectivity index (χ0) is 4.71. The van der Waals surface area contributed by atoms with E-state index in [1.165, 1.54) is 0 Å². The second kappa shape index (κ2) is 42.8. The third-order valence-electron chi connectivity index (χ3n) is 0. The van der Waals surface area contributed by atoms with Crippen LogP contribution in [-0.2, 0) is 15.4 Å². The molecule has 0 aromatic carbocycles. The molecule has 0 unspecified atom stereocenters. The number of halogens is 1. The Hall–Kier alpha value is 0.729. The molecule has 0 amide bonds. The Morgan fingerprint density at radius 1 is 1.17 bits per heavy atom. The molecule has 0 radical (unpaired) electrons. The van der Waals surface area contributed by atoms with Gasteiger partial charge in [0, 0.05) is 0 Å². The van der Waals surface area contributed by atoms with Crippen molar-refractivity contribution < 1.29 is 15.4 Å². The van der Waals surface area contributed by atoms with E-state index in [1.807, 2.05) is 13.8 Å². The molecule has 4 N–H and O–H groups in total. The van der Waals surface area contributed by atoms with E-state index >= 15 is 0 Å². The number of rotatable bonds is 0. The number of hydrogen-bond acceptors (Lipinski definition) is 2. The summed E-state index contributed by atoms with van der Waals surface area (Å²) in [4.78, 5) is 0. The standard InChI is InChI=1S/C2H6.ClH.Mn.2H2N/c1-2;;;;/h1-2H3;1H;;2*1H2/q;;+2;2*-1. The Bertz CT molecular complexity index is 11.5. The van der Waals surface area contributed by atoms with Gasteiger partial charge in [0.25, 0.3) is 0 Å². The van der Waals surface area contributed by atoms with Crippen LogP contribution in [0.3, 0.4) is 0 Å². The van der Waals surface area contributed by atoms with Gasteiger partial charge in [-0.25, -0.2) is 0 Å². The van der Waals surface area contributed by atoms with Crippen molar-refractivity contribution in [3.8, 4) is 0 Å². The maximum atomic E-state index is 4.66. The summed E-state index contributed by atoms with van der Waals surface area (Å²) in [7, 11) is 0. The van der Waals surface area contributed by atoms with Gasteiger partial charge in [0.1, 0.15) is 0 Å². The van der Waals surface area contributed by atoms with E-state index in [0.717, 1.165) is 0 Å². The molecule has 6 heavy (non-hydrogen) atoms. The molecule has 0 aromatic rings. The zero-order valence-corrected chi connectivity index (χ0v) is 5.94. The van der Waals surface area contributed by atoms with Gasteiger partial charge in [0.05, 0.1) is 0 Å². The fourth-order valence-corrected chi connectivity index (χ4v) is 0. The molecule has 0 rings (SSSR count). The SMILES string of the molecule is CC.Cl.[NH2][Mn][NH2]. The minimum absolute atomic E-state index is 0. The van der Waals surface area contributed by atoms with E-state index in [9.17, 15) is 0 Å². The van der Waals surface area contributed by atoms with E-state index in [-0.39, 0.29) is 27.8 Å². The summed E-state index contributed by atoms with van der Waals surface area (Å²) in [5.74, 6) is 0. The van der Waals surface area contributed by atoms with Crippen LogP contribution in [0.2, 0.25) is 0 Å². The monoisotopic (exact) mass is 153 g/mol. The van der Waals surface area contributed by atoms with Crippen LogP contribution in [0.4, 0.5) is 0 Å². The third kappa shape index (κ3) is 124. The Balaban J connectivity index is -0.0000000275. The second-order valence-corrected chi connectivity index (χ2v) is 0.519. The van der Waals surface area contributed by atoms with Crippen LogP contribution in [0.15, 0.2) is 0 Å². The molecule has 0 heterocycles. The van der Waals surface area contributed by atoms with Crippen molar-refractivity contribution in [3.05, 3.63) is 0 Å². The Labute approximate surface area is 51.6 Å². The van der Waals surface area contributed by atoms with Gasteiger partial charge in [-0.05, 0) is 0 Å². The first-order valence-corrected chi connectivity index (χ1v) is 2.80. The molecule has 43 valence electrons. The summed E-state index contributed by atoms with van der Waals surface area (Å²) in [6, 6.07) is 0. The molecule has 0 aromatic heterocycles. The Kier molecular flexibility index (Phi) is 113. The third-order valence-corrected chi connectivity index (χ3v) is 0. The summed E-state index contributed by atoms with van der Waals surface area (Å²) >= 11 is 0.0625. The predicted octanol–water partition coefficient (Wildman–Crippen LogP) is 0.264. The van der Waals surface area contributed by atoms with Gasteiger partial charge in [-0.3, -0.25) is 0 Å². The zero-order valence-electron chi connectivity index (χ0n) is 3.94. The molecule has 0 saturated carbocycles. The normalized spacial score (nSPS) is 4.00. The molecule has 0 spiro atoms. The average Bonchev–Trinajstić information content (AvgIpc) is 1.46. The van der Waals surface area contributed by atoms with Gasteiger partial charge in [-0.15, -0.1) is 12.4 Å². The quantitative estimate of drug-likeness (QED) is 0.491. The fraction of sp³-hybridized carbons (Fsp3) is 1.00. The summed E-state index contributed by atoms with van der Waals surface area (Å²) < 4.78 is 9.31. The molecule has 4 heteroatoms. The van der Waals surface area contributed by atoms with Crippen LogP contribution in [-0.4, -0.2) is 0 Å². The first-order valence-electron chi connectivity index (χ1n) is 1.44. The molecule has 0 saturated heterocycles. The Morgan fingerprint density at radius 2 is 1.17 bits per heavy atom. The predicted molar refractivity (Wildman–Crippen MR) is 27.0 cm³/mol. The molecule has 2 nitrogen and oxygen atoms in total. The van der Waals surface area contributed by atoms with Crippen LogP contribution in [0, 0.1) is 0 Å². The van der Waals surface area contributed by atoms with Crippen molar-refractivity contribution >= 4 is 12.4 Å². The molecule has 0 aliphatic carbocycles. The molecule has 0 bridgehead atoms. The second-order valence-electron chi connectivity index (χ2n) is 0.126. The molecule has 0 fully saturated rings. The van der Waals surface area contributed by atoms with Crippen molar-refractivity contribution in [1.29, 1.82) is 0 Å². The van der Waals surface area contributed by atoms with Crippen molar-refractivity contribution in [3.63, 3.8) is 0 Å². The van der Waals surface area contributed by atoms with Crippen LogP contribution in [0.25, 0.3) is 0 Å². The fourth-order valence-electron chi connectivity index (χ4n) is 0. The van der Waals surface area contributed by atoms with Gasteiger partial charge in [0.2, 0.25) is 0 Å². The van der Waals surface area contributed by atoms with Crippen molar-refractivity contribution in [1.82, 2.24) is 0 Å². The molecule has 0 atom stereocenters. The van der Waals surface area contributed by atoms with E-state index in [4.69, 9.17) is 0 Å². The average molecular weight is 154 g/mol. The summed E-state index contributed by atoms with van der Waals surface area (Å²) in [5, 5.41) is 0. The summed E-state index contributed by atoms with van der Waals surface area (Å²) in [5.41, 5.74) is 0. The molecule has 0 aliphatic rings. The van der Waals surface area contributed by atoms with E-state index in [0.29, 0.717) is 0 Å².